The molecule has 4 aromatic rings. The Morgan fingerprint density at radius 1 is 1.28 bits per heavy atom. The maximum atomic E-state index is 5.47. The lowest BCUT2D eigenvalue weighted by atomic mass is 9.95. The van der Waals surface area contributed by atoms with Crippen LogP contribution >= 0.6 is 23.1 Å². The van der Waals surface area contributed by atoms with Crippen LogP contribution < -0.4 is 0 Å². The molecule has 0 bridgehead atoms. The van der Waals surface area contributed by atoms with Crippen molar-refractivity contribution >= 4 is 33.3 Å². The lowest BCUT2D eigenvalue weighted by Crippen LogP contribution is -2.27. The number of nitrogens with zero attached hydrogens (tertiary/aromatic N) is 6. The van der Waals surface area contributed by atoms with Crippen LogP contribution in [0.1, 0.15) is 29.1 Å². The fourth-order valence-electron chi connectivity index (χ4n) is 5.16. The maximum Gasteiger partial charge on any atom is 0.202 e. The molecule has 7 nitrogen and oxygen atoms in total. The summed E-state index contributed by atoms with van der Waals surface area (Å²) in [4.78, 5) is 11.4. The van der Waals surface area contributed by atoms with Gasteiger partial charge in [0.15, 0.2) is 17.3 Å². The van der Waals surface area contributed by atoms with Crippen molar-refractivity contribution in [2.75, 3.05) is 25.4 Å². The van der Waals surface area contributed by atoms with Crippen LogP contribution in [0.5, 0.6) is 0 Å². The minimum atomic E-state index is 0.382. The van der Waals surface area contributed by atoms with Crippen molar-refractivity contribution in [3.05, 3.63) is 40.9 Å². The predicted octanol–water partition coefficient (Wildman–Crippen LogP) is 4.45. The molecular weight excluding hydrogens is 440 g/mol. The highest BCUT2D eigenvalue weighted by atomic mass is 32.2. The van der Waals surface area contributed by atoms with Crippen molar-refractivity contribution in [2.45, 2.75) is 37.3 Å². The Bertz CT molecular complexity index is 1290. The van der Waals surface area contributed by atoms with E-state index in [0.29, 0.717) is 11.2 Å². The van der Waals surface area contributed by atoms with E-state index in [4.69, 9.17) is 4.42 Å². The number of thioether (sulfide) groups is 1. The van der Waals surface area contributed by atoms with Gasteiger partial charge < -0.3 is 13.9 Å². The first-order valence-corrected chi connectivity index (χ1v) is 12.9. The number of piperidine rings is 1. The summed E-state index contributed by atoms with van der Waals surface area (Å²) in [6, 6.07) is 6.94. The van der Waals surface area contributed by atoms with Crippen molar-refractivity contribution in [3.63, 3.8) is 0 Å². The molecule has 1 aromatic carbocycles. The Hall–Kier alpha value is -2.23. The fraction of sp³-hybridized carbons (Fsp3) is 0.478. The monoisotopic (exact) mass is 466 g/mol. The summed E-state index contributed by atoms with van der Waals surface area (Å²) in [6.45, 7) is 7.56. The summed E-state index contributed by atoms with van der Waals surface area (Å²) >= 11 is 3.57. The van der Waals surface area contributed by atoms with Gasteiger partial charge in [0.25, 0.3) is 0 Å². The Morgan fingerprint density at radius 3 is 3.03 bits per heavy atom. The molecule has 1 aliphatic heterocycles. The second-order valence-corrected chi connectivity index (χ2v) is 11.3. The molecular formula is C23H26N6OS2. The van der Waals surface area contributed by atoms with Crippen LogP contribution in [0.15, 0.2) is 34.2 Å². The van der Waals surface area contributed by atoms with Gasteiger partial charge in [0.2, 0.25) is 5.82 Å². The van der Waals surface area contributed by atoms with Crippen LogP contribution in [0.25, 0.3) is 21.8 Å². The van der Waals surface area contributed by atoms with Gasteiger partial charge in [-0.1, -0.05) is 17.8 Å². The van der Waals surface area contributed by atoms with E-state index < -0.39 is 0 Å². The summed E-state index contributed by atoms with van der Waals surface area (Å²) in [5.41, 5.74) is 3.88. The predicted molar refractivity (Wildman–Crippen MR) is 127 cm³/mol. The average molecular weight is 467 g/mol. The van der Waals surface area contributed by atoms with E-state index in [1.54, 1.807) is 11.8 Å². The zero-order valence-electron chi connectivity index (χ0n) is 18.5. The highest BCUT2D eigenvalue weighted by Gasteiger charge is 2.60. The first-order chi connectivity index (χ1) is 15.5. The van der Waals surface area contributed by atoms with E-state index >= 15 is 0 Å². The number of oxazole rings is 1. The molecule has 0 N–H and O–H groups in total. The lowest BCUT2D eigenvalue weighted by molar-refractivity contribution is 0.299. The Kier molecular flexibility index (Phi) is 4.89. The third-order valence-electron chi connectivity index (χ3n) is 6.92. The van der Waals surface area contributed by atoms with Gasteiger partial charge in [-0.15, -0.1) is 21.5 Å². The molecule has 2 atom stereocenters. The fourth-order valence-corrected chi connectivity index (χ4v) is 6.86. The van der Waals surface area contributed by atoms with E-state index in [-0.39, 0.29) is 0 Å². The molecule has 0 spiro atoms. The molecule has 0 unspecified atom stereocenters. The standard InChI is InChI=1S/C23H26N6OS2/c1-14-20(30-13-24-14)21-26-27-22(28(21)3)31-8-4-7-29-11-17-10-23(17,12-29)16-5-6-18-19(9-16)32-15(2)25-18/h5-6,9,13,17H,4,7-8,10-12H2,1-3H3/t17-,23-/m1/s1. The zero-order chi connectivity index (χ0) is 21.9. The van der Waals surface area contributed by atoms with Gasteiger partial charge in [-0.25, -0.2) is 9.97 Å². The molecule has 2 aliphatic rings. The van der Waals surface area contributed by atoms with Crippen molar-refractivity contribution in [1.29, 1.82) is 0 Å². The summed E-state index contributed by atoms with van der Waals surface area (Å²) in [6.07, 6.45) is 3.93. The first-order valence-electron chi connectivity index (χ1n) is 11.1. The second-order valence-electron chi connectivity index (χ2n) is 9.04. The summed E-state index contributed by atoms with van der Waals surface area (Å²) in [7, 11) is 1.98. The highest BCUT2D eigenvalue weighted by molar-refractivity contribution is 7.99. The molecule has 1 saturated carbocycles. The number of likely N-dealkylation sites (tertiary alicyclic amines) is 1. The van der Waals surface area contributed by atoms with Gasteiger partial charge in [0.05, 0.1) is 20.9 Å². The molecule has 1 aliphatic carbocycles. The molecule has 0 radical (unpaired) electrons. The summed E-state index contributed by atoms with van der Waals surface area (Å²) in [5, 5.41) is 10.7. The van der Waals surface area contributed by atoms with Crippen molar-refractivity contribution in [1.82, 2.24) is 29.6 Å². The van der Waals surface area contributed by atoms with Gasteiger partial charge in [-0.3, -0.25) is 0 Å². The van der Waals surface area contributed by atoms with Crippen LogP contribution in [-0.4, -0.2) is 55.0 Å². The van der Waals surface area contributed by atoms with Gasteiger partial charge >= 0.3 is 0 Å². The third-order valence-corrected chi connectivity index (χ3v) is 8.96. The largest absolute Gasteiger partial charge is 0.440 e. The number of thiazole rings is 1. The number of benzene rings is 1. The van der Waals surface area contributed by atoms with Crippen molar-refractivity contribution in [3.8, 4) is 11.6 Å². The molecule has 32 heavy (non-hydrogen) atoms. The van der Waals surface area contributed by atoms with Gasteiger partial charge in [0, 0.05) is 31.3 Å². The number of aryl methyl sites for hydroxylation is 2. The Balaban J connectivity index is 1.04. The number of hydrogen-bond acceptors (Lipinski definition) is 8. The second kappa shape index (κ2) is 7.67. The number of fused-ring (bicyclic) bond motifs is 2. The van der Waals surface area contributed by atoms with Crippen molar-refractivity contribution in [2.24, 2.45) is 13.0 Å². The molecule has 9 heteroatoms. The molecule has 3 aromatic heterocycles. The quantitative estimate of drug-likeness (QED) is 0.294. The van der Waals surface area contributed by atoms with Gasteiger partial charge in [0.1, 0.15) is 0 Å². The molecule has 4 heterocycles. The number of hydrogen-bond donors (Lipinski definition) is 0. The van der Waals surface area contributed by atoms with Gasteiger partial charge in [-0.05, 0) is 56.8 Å². The van der Waals surface area contributed by atoms with E-state index in [2.05, 4.69) is 50.2 Å². The minimum Gasteiger partial charge on any atom is -0.440 e. The minimum absolute atomic E-state index is 0.382. The van der Waals surface area contributed by atoms with Crippen LogP contribution in [0.3, 0.4) is 0 Å². The van der Waals surface area contributed by atoms with E-state index in [0.717, 1.165) is 51.8 Å². The van der Waals surface area contributed by atoms with Crippen LogP contribution in [0, 0.1) is 19.8 Å². The maximum absolute atomic E-state index is 5.47. The molecule has 6 rings (SSSR count). The number of aromatic nitrogens is 5. The first kappa shape index (κ1) is 20.4. The molecule has 166 valence electrons. The van der Waals surface area contributed by atoms with Gasteiger partial charge in [-0.2, -0.15) is 0 Å². The molecule has 0 amide bonds. The summed E-state index contributed by atoms with van der Waals surface area (Å²) in [5.74, 6) is 3.27. The Morgan fingerprint density at radius 2 is 2.19 bits per heavy atom. The SMILES string of the molecule is Cc1nc2ccc([C@]34C[C@@H]3CN(CCCSc3nnc(-c5ocnc5C)n3C)C4)cc2s1. The lowest BCUT2D eigenvalue weighted by Gasteiger charge is -2.21. The molecule has 1 saturated heterocycles. The summed E-state index contributed by atoms with van der Waals surface area (Å²) < 4.78 is 8.80. The number of rotatable bonds is 7. The highest BCUT2D eigenvalue weighted by Crippen LogP contribution is 2.59. The Labute approximate surface area is 195 Å². The van der Waals surface area contributed by atoms with Crippen LogP contribution in [0.2, 0.25) is 0 Å². The van der Waals surface area contributed by atoms with E-state index in [1.807, 2.05) is 29.9 Å². The van der Waals surface area contributed by atoms with Crippen molar-refractivity contribution < 1.29 is 4.42 Å². The van der Waals surface area contributed by atoms with Crippen LogP contribution in [-0.2, 0) is 12.5 Å². The third kappa shape index (κ3) is 3.38. The average Bonchev–Trinajstić information content (AvgIpc) is 3.20. The molecule has 2 fully saturated rings. The smallest absolute Gasteiger partial charge is 0.202 e. The van der Waals surface area contributed by atoms with E-state index in [9.17, 15) is 0 Å². The topological polar surface area (TPSA) is 72.9 Å². The zero-order valence-corrected chi connectivity index (χ0v) is 20.2. The normalized spacial score (nSPS) is 22.7. The van der Waals surface area contributed by atoms with Crippen LogP contribution in [0.4, 0.5) is 0 Å². The van der Waals surface area contributed by atoms with E-state index in [1.165, 1.54) is 36.2 Å².